The fraction of sp³-hybridized carbons (Fsp3) is 0.611. The minimum Gasteiger partial charge on any atom is -0.497 e. The Balaban J connectivity index is 1.45. The highest BCUT2D eigenvalue weighted by Crippen LogP contribution is 2.28. The lowest BCUT2D eigenvalue weighted by molar-refractivity contribution is 0.415. The number of nitrogens with zero attached hydrogens (tertiary/aromatic N) is 2. The predicted molar refractivity (Wildman–Crippen MR) is 95.4 cm³/mol. The SMILES string of the molecule is CN=C(NCC1CC1)NCC1CCN(c2cccc(OC)c2)C1. The summed E-state index contributed by atoms with van der Waals surface area (Å²) < 4.78 is 5.32. The highest BCUT2D eigenvalue weighted by Gasteiger charge is 2.24. The zero-order chi connectivity index (χ0) is 16.1. The predicted octanol–water partition coefficient (Wildman–Crippen LogP) is 2.10. The van der Waals surface area contributed by atoms with Gasteiger partial charge in [-0.25, -0.2) is 0 Å². The first-order valence-electron chi connectivity index (χ1n) is 8.62. The Hall–Kier alpha value is -1.91. The topological polar surface area (TPSA) is 48.9 Å². The summed E-state index contributed by atoms with van der Waals surface area (Å²) in [5.74, 6) is 3.38. The third kappa shape index (κ3) is 4.53. The second kappa shape index (κ2) is 7.57. The number of aliphatic imine (C=N–C) groups is 1. The summed E-state index contributed by atoms with van der Waals surface area (Å²) in [6, 6.07) is 8.33. The van der Waals surface area contributed by atoms with Crippen LogP contribution in [-0.4, -0.2) is 46.3 Å². The van der Waals surface area contributed by atoms with Gasteiger partial charge in [-0.3, -0.25) is 4.99 Å². The molecule has 0 spiro atoms. The molecule has 1 aromatic carbocycles. The molecule has 0 aromatic heterocycles. The van der Waals surface area contributed by atoms with Crippen LogP contribution in [0, 0.1) is 11.8 Å². The first-order chi connectivity index (χ1) is 11.3. The number of anilines is 1. The molecular weight excluding hydrogens is 288 g/mol. The van der Waals surface area contributed by atoms with E-state index >= 15 is 0 Å². The summed E-state index contributed by atoms with van der Waals surface area (Å²) in [4.78, 5) is 6.75. The molecule has 1 heterocycles. The molecule has 1 aliphatic heterocycles. The van der Waals surface area contributed by atoms with Gasteiger partial charge in [-0.05, 0) is 43.2 Å². The number of benzene rings is 1. The molecule has 1 aromatic rings. The summed E-state index contributed by atoms with van der Waals surface area (Å²) in [6.07, 6.45) is 3.94. The van der Waals surface area contributed by atoms with Crippen molar-refractivity contribution in [2.24, 2.45) is 16.8 Å². The van der Waals surface area contributed by atoms with E-state index < -0.39 is 0 Å². The maximum atomic E-state index is 5.32. The second-order valence-electron chi connectivity index (χ2n) is 6.58. The van der Waals surface area contributed by atoms with Crippen LogP contribution in [0.15, 0.2) is 29.3 Å². The Morgan fingerprint density at radius 2 is 2.00 bits per heavy atom. The molecule has 126 valence electrons. The van der Waals surface area contributed by atoms with Crippen LogP contribution in [-0.2, 0) is 0 Å². The molecule has 23 heavy (non-hydrogen) atoms. The lowest BCUT2D eigenvalue weighted by atomic mass is 10.1. The van der Waals surface area contributed by atoms with Gasteiger partial charge in [0.05, 0.1) is 7.11 Å². The molecule has 3 rings (SSSR count). The number of hydrogen-bond donors (Lipinski definition) is 2. The van der Waals surface area contributed by atoms with Gasteiger partial charge in [-0.1, -0.05) is 6.07 Å². The Labute approximate surface area is 139 Å². The Morgan fingerprint density at radius 3 is 2.70 bits per heavy atom. The van der Waals surface area contributed by atoms with Crippen molar-refractivity contribution in [2.45, 2.75) is 19.3 Å². The summed E-state index contributed by atoms with van der Waals surface area (Å²) >= 11 is 0. The van der Waals surface area contributed by atoms with E-state index in [1.165, 1.54) is 24.9 Å². The standard InChI is InChI=1S/C18H28N4O/c1-19-18(20-11-14-6-7-14)21-12-15-8-9-22(13-15)16-4-3-5-17(10-16)23-2/h3-5,10,14-15H,6-9,11-13H2,1-2H3,(H2,19,20,21). The van der Waals surface area contributed by atoms with Crippen molar-refractivity contribution >= 4 is 11.6 Å². The highest BCUT2D eigenvalue weighted by molar-refractivity contribution is 5.79. The van der Waals surface area contributed by atoms with E-state index in [2.05, 4.69) is 38.7 Å². The van der Waals surface area contributed by atoms with Crippen molar-refractivity contribution in [2.75, 3.05) is 45.2 Å². The highest BCUT2D eigenvalue weighted by atomic mass is 16.5. The fourth-order valence-corrected chi connectivity index (χ4v) is 3.07. The van der Waals surface area contributed by atoms with E-state index in [1.807, 2.05) is 13.1 Å². The summed E-state index contributed by atoms with van der Waals surface area (Å²) in [5.41, 5.74) is 1.25. The number of rotatable bonds is 6. The molecule has 1 saturated carbocycles. The molecule has 0 bridgehead atoms. The van der Waals surface area contributed by atoms with Crippen LogP contribution in [0.4, 0.5) is 5.69 Å². The van der Waals surface area contributed by atoms with Crippen LogP contribution in [0.2, 0.25) is 0 Å². The van der Waals surface area contributed by atoms with E-state index in [4.69, 9.17) is 4.74 Å². The van der Waals surface area contributed by atoms with Gasteiger partial charge in [-0.15, -0.1) is 0 Å². The first-order valence-corrected chi connectivity index (χ1v) is 8.62. The van der Waals surface area contributed by atoms with Gasteiger partial charge in [0.2, 0.25) is 0 Å². The maximum Gasteiger partial charge on any atom is 0.190 e. The molecule has 0 amide bonds. The average molecular weight is 316 g/mol. The molecule has 1 saturated heterocycles. The minimum absolute atomic E-state index is 0.653. The molecule has 5 heteroatoms. The van der Waals surface area contributed by atoms with Gasteiger partial charge >= 0.3 is 0 Å². The summed E-state index contributed by atoms with van der Waals surface area (Å²) in [7, 11) is 3.56. The summed E-state index contributed by atoms with van der Waals surface area (Å²) in [5, 5.41) is 6.90. The van der Waals surface area contributed by atoms with Crippen molar-refractivity contribution in [3.8, 4) is 5.75 Å². The van der Waals surface area contributed by atoms with Crippen molar-refractivity contribution in [1.29, 1.82) is 0 Å². The van der Waals surface area contributed by atoms with Crippen LogP contribution in [0.1, 0.15) is 19.3 Å². The molecule has 1 aliphatic carbocycles. The molecule has 5 nitrogen and oxygen atoms in total. The van der Waals surface area contributed by atoms with Gasteiger partial charge in [0, 0.05) is 45.0 Å². The van der Waals surface area contributed by atoms with Crippen molar-refractivity contribution in [3.63, 3.8) is 0 Å². The van der Waals surface area contributed by atoms with Gasteiger partial charge in [0.15, 0.2) is 5.96 Å². The van der Waals surface area contributed by atoms with Crippen LogP contribution >= 0.6 is 0 Å². The summed E-state index contributed by atoms with van der Waals surface area (Å²) in [6.45, 7) is 4.22. The normalized spacial score (nSPS) is 21.4. The molecule has 1 atom stereocenters. The van der Waals surface area contributed by atoms with Gasteiger partial charge in [0.25, 0.3) is 0 Å². The van der Waals surface area contributed by atoms with E-state index in [9.17, 15) is 0 Å². The molecule has 2 aliphatic rings. The first kappa shape index (κ1) is 16.0. The van der Waals surface area contributed by atoms with E-state index in [1.54, 1.807) is 7.11 Å². The van der Waals surface area contributed by atoms with Crippen molar-refractivity contribution in [1.82, 2.24) is 10.6 Å². The van der Waals surface area contributed by atoms with Gasteiger partial charge < -0.3 is 20.3 Å². The maximum absolute atomic E-state index is 5.32. The van der Waals surface area contributed by atoms with Crippen LogP contribution in [0.5, 0.6) is 5.75 Å². The zero-order valence-electron chi connectivity index (χ0n) is 14.2. The molecule has 2 N–H and O–H groups in total. The van der Waals surface area contributed by atoms with Crippen LogP contribution in [0.3, 0.4) is 0 Å². The Morgan fingerprint density at radius 1 is 1.22 bits per heavy atom. The Kier molecular flexibility index (Phi) is 5.26. The largest absolute Gasteiger partial charge is 0.497 e. The van der Waals surface area contributed by atoms with Crippen LogP contribution in [0.25, 0.3) is 0 Å². The van der Waals surface area contributed by atoms with E-state index in [0.29, 0.717) is 5.92 Å². The third-order valence-corrected chi connectivity index (χ3v) is 4.74. The number of guanidine groups is 1. The van der Waals surface area contributed by atoms with Gasteiger partial charge in [0.1, 0.15) is 5.75 Å². The second-order valence-corrected chi connectivity index (χ2v) is 6.58. The third-order valence-electron chi connectivity index (χ3n) is 4.74. The van der Waals surface area contributed by atoms with Crippen LogP contribution < -0.4 is 20.3 Å². The fourth-order valence-electron chi connectivity index (χ4n) is 3.07. The number of ether oxygens (including phenoxy) is 1. The molecule has 1 unspecified atom stereocenters. The number of methoxy groups -OCH3 is 1. The van der Waals surface area contributed by atoms with Crippen molar-refractivity contribution < 1.29 is 4.74 Å². The lowest BCUT2D eigenvalue weighted by Crippen LogP contribution is -2.41. The average Bonchev–Trinajstić information content (AvgIpc) is 3.30. The monoisotopic (exact) mass is 316 g/mol. The minimum atomic E-state index is 0.653. The Bertz CT molecular complexity index is 542. The lowest BCUT2D eigenvalue weighted by Gasteiger charge is -2.20. The molecule has 2 fully saturated rings. The number of hydrogen-bond acceptors (Lipinski definition) is 3. The van der Waals surface area contributed by atoms with E-state index in [-0.39, 0.29) is 0 Å². The number of nitrogens with one attached hydrogen (secondary N) is 2. The zero-order valence-corrected chi connectivity index (χ0v) is 14.2. The smallest absolute Gasteiger partial charge is 0.190 e. The molecular formula is C18H28N4O. The van der Waals surface area contributed by atoms with Crippen molar-refractivity contribution in [3.05, 3.63) is 24.3 Å². The molecule has 0 radical (unpaired) electrons. The van der Waals surface area contributed by atoms with Gasteiger partial charge in [-0.2, -0.15) is 0 Å². The quantitative estimate of drug-likeness (QED) is 0.623. The van der Waals surface area contributed by atoms with E-state index in [0.717, 1.165) is 43.8 Å².